The van der Waals surface area contributed by atoms with Gasteiger partial charge in [0.25, 0.3) is 0 Å². The summed E-state index contributed by atoms with van der Waals surface area (Å²) in [6.07, 6.45) is 1.09. The standard InChI is InChI=1S/C21H21FN4O4S2/c1-13(27)23-16-6-9-18-19(11-16)31-21(24-18)25-20(28)14-3-2-10-26(12-14)32(29,30)17-7-4-15(22)5-8-17/h4-9,11,14H,2-3,10,12H2,1H3,(H,23,27)(H,24,25,28). The van der Waals surface area contributed by atoms with E-state index in [1.807, 2.05) is 0 Å². The van der Waals surface area contributed by atoms with Crippen molar-refractivity contribution in [1.82, 2.24) is 9.29 Å². The molecule has 2 heterocycles. The molecule has 0 radical (unpaired) electrons. The third-order valence-corrected chi connectivity index (χ3v) is 7.96. The summed E-state index contributed by atoms with van der Waals surface area (Å²) in [6, 6.07) is 9.92. The highest BCUT2D eigenvalue weighted by Crippen LogP contribution is 2.30. The van der Waals surface area contributed by atoms with E-state index in [0.717, 1.165) is 16.8 Å². The minimum Gasteiger partial charge on any atom is -0.326 e. The number of nitrogens with one attached hydrogen (secondary N) is 2. The highest BCUT2D eigenvalue weighted by Gasteiger charge is 2.33. The number of halogens is 1. The van der Waals surface area contributed by atoms with E-state index < -0.39 is 21.8 Å². The van der Waals surface area contributed by atoms with Gasteiger partial charge < -0.3 is 10.6 Å². The van der Waals surface area contributed by atoms with Crippen LogP contribution >= 0.6 is 11.3 Å². The number of nitrogens with zero attached hydrogens (tertiary/aromatic N) is 2. The Hall–Kier alpha value is -2.89. The highest BCUT2D eigenvalue weighted by molar-refractivity contribution is 7.89. The number of carbonyl (C=O) groups excluding carboxylic acids is 2. The largest absolute Gasteiger partial charge is 0.326 e. The first-order chi connectivity index (χ1) is 15.2. The summed E-state index contributed by atoms with van der Waals surface area (Å²) >= 11 is 1.27. The van der Waals surface area contributed by atoms with Crippen LogP contribution in [-0.4, -0.2) is 42.6 Å². The lowest BCUT2D eigenvalue weighted by Gasteiger charge is -2.31. The van der Waals surface area contributed by atoms with Crippen LogP contribution in [0, 0.1) is 11.7 Å². The summed E-state index contributed by atoms with van der Waals surface area (Å²) in [4.78, 5) is 28.5. The number of aromatic nitrogens is 1. The first-order valence-electron chi connectivity index (χ1n) is 9.97. The van der Waals surface area contributed by atoms with Crippen LogP contribution < -0.4 is 10.6 Å². The Morgan fingerprint density at radius 3 is 2.62 bits per heavy atom. The Kier molecular flexibility index (Phi) is 6.22. The number of thiazole rings is 1. The average molecular weight is 477 g/mol. The maximum atomic E-state index is 13.2. The van der Waals surface area contributed by atoms with Gasteiger partial charge in [-0.25, -0.2) is 17.8 Å². The summed E-state index contributed by atoms with van der Waals surface area (Å²) in [6.45, 7) is 1.77. The quantitative estimate of drug-likeness (QED) is 0.587. The van der Waals surface area contributed by atoms with Crippen molar-refractivity contribution in [3.8, 4) is 0 Å². The molecule has 3 aromatic rings. The summed E-state index contributed by atoms with van der Waals surface area (Å²) in [7, 11) is -3.81. The molecule has 8 nitrogen and oxygen atoms in total. The molecule has 4 rings (SSSR count). The number of rotatable bonds is 5. The lowest BCUT2D eigenvalue weighted by atomic mass is 9.99. The molecule has 1 atom stereocenters. The van der Waals surface area contributed by atoms with Crippen molar-refractivity contribution in [2.45, 2.75) is 24.7 Å². The Labute approximate surface area is 188 Å². The smallest absolute Gasteiger partial charge is 0.243 e. The molecule has 11 heteroatoms. The number of benzene rings is 2. The zero-order valence-electron chi connectivity index (χ0n) is 17.2. The average Bonchev–Trinajstić information content (AvgIpc) is 3.15. The van der Waals surface area contributed by atoms with Gasteiger partial charge in [-0.1, -0.05) is 11.3 Å². The van der Waals surface area contributed by atoms with Gasteiger partial charge in [0, 0.05) is 25.7 Å². The Bertz CT molecular complexity index is 1270. The topological polar surface area (TPSA) is 108 Å². The summed E-state index contributed by atoms with van der Waals surface area (Å²) in [5.74, 6) is -1.52. The van der Waals surface area contributed by atoms with E-state index in [1.165, 1.54) is 34.7 Å². The van der Waals surface area contributed by atoms with Crippen LogP contribution in [0.5, 0.6) is 0 Å². The molecule has 0 spiro atoms. The molecular formula is C21H21FN4O4S2. The van der Waals surface area contributed by atoms with Crippen LogP contribution in [0.3, 0.4) is 0 Å². The van der Waals surface area contributed by atoms with Gasteiger partial charge in [-0.05, 0) is 55.3 Å². The van der Waals surface area contributed by atoms with Crippen LogP contribution in [0.2, 0.25) is 0 Å². The fourth-order valence-corrected chi connectivity index (χ4v) is 6.03. The van der Waals surface area contributed by atoms with Crippen LogP contribution in [0.4, 0.5) is 15.2 Å². The molecular weight excluding hydrogens is 455 g/mol. The molecule has 32 heavy (non-hydrogen) atoms. The lowest BCUT2D eigenvalue weighted by molar-refractivity contribution is -0.121. The van der Waals surface area contributed by atoms with Gasteiger partial charge in [0.2, 0.25) is 21.8 Å². The first-order valence-corrected chi connectivity index (χ1v) is 12.2. The Morgan fingerprint density at radius 1 is 1.16 bits per heavy atom. The van der Waals surface area contributed by atoms with E-state index in [1.54, 1.807) is 18.2 Å². The van der Waals surface area contributed by atoms with Gasteiger partial charge in [0.1, 0.15) is 5.82 Å². The molecule has 1 saturated heterocycles. The number of hydrogen-bond donors (Lipinski definition) is 2. The van der Waals surface area contributed by atoms with Gasteiger partial charge in [-0.3, -0.25) is 9.59 Å². The normalized spacial score (nSPS) is 17.2. The van der Waals surface area contributed by atoms with Gasteiger partial charge in [0.05, 0.1) is 21.0 Å². The number of anilines is 2. The number of piperidine rings is 1. The summed E-state index contributed by atoms with van der Waals surface area (Å²) in [5, 5.41) is 5.90. The zero-order chi connectivity index (χ0) is 22.9. The zero-order valence-corrected chi connectivity index (χ0v) is 18.8. The summed E-state index contributed by atoms with van der Waals surface area (Å²) < 4.78 is 41.0. The van der Waals surface area contributed by atoms with Crippen molar-refractivity contribution in [3.63, 3.8) is 0 Å². The van der Waals surface area contributed by atoms with Crippen molar-refractivity contribution in [1.29, 1.82) is 0 Å². The minimum atomic E-state index is -3.81. The molecule has 2 amide bonds. The van der Waals surface area contributed by atoms with Crippen LogP contribution in [0.1, 0.15) is 19.8 Å². The number of amides is 2. The van der Waals surface area contributed by atoms with Crippen molar-refractivity contribution in [2.75, 3.05) is 23.7 Å². The molecule has 0 bridgehead atoms. The molecule has 0 aliphatic carbocycles. The summed E-state index contributed by atoms with van der Waals surface area (Å²) in [5.41, 5.74) is 1.32. The maximum absolute atomic E-state index is 13.2. The number of sulfonamides is 1. The minimum absolute atomic E-state index is 0.00102. The predicted molar refractivity (Wildman–Crippen MR) is 120 cm³/mol. The van der Waals surface area contributed by atoms with E-state index in [-0.39, 0.29) is 23.3 Å². The van der Waals surface area contributed by atoms with E-state index >= 15 is 0 Å². The molecule has 0 saturated carbocycles. The van der Waals surface area contributed by atoms with Crippen LogP contribution in [0.15, 0.2) is 47.4 Å². The molecule has 2 N–H and O–H groups in total. The van der Waals surface area contributed by atoms with Gasteiger partial charge in [-0.15, -0.1) is 0 Å². The number of fused-ring (bicyclic) bond motifs is 1. The monoisotopic (exact) mass is 476 g/mol. The maximum Gasteiger partial charge on any atom is 0.243 e. The van der Waals surface area contributed by atoms with E-state index in [4.69, 9.17) is 0 Å². The van der Waals surface area contributed by atoms with Gasteiger partial charge in [-0.2, -0.15) is 4.31 Å². The van der Waals surface area contributed by atoms with E-state index in [2.05, 4.69) is 15.6 Å². The van der Waals surface area contributed by atoms with Crippen molar-refractivity contribution in [3.05, 3.63) is 48.3 Å². The third-order valence-electron chi connectivity index (χ3n) is 5.15. The molecule has 1 aromatic heterocycles. The molecule has 1 aliphatic rings. The molecule has 1 unspecified atom stereocenters. The third kappa shape index (κ3) is 4.79. The van der Waals surface area contributed by atoms with E-state index in [0.29, 0.717) is 35.7 Å². The molecule has 1 fully saturated rings. The van der Waals surface area contributed by atoms with Crippen molar-refractivity contribution < 1.29 is 22.4 Å². The SMILES string of the molecule is CC(=O)Nc1ccc2nc(NC(=O)C3CCCN(S(=O)(=O)c4ccc(F)cc4)C3)sc2c1. The Balaban J connectivity index is 1.46. The van der Waals surface area contributed by atoms with Gasteiger partial charge >= 0.3 is 0 Å². The molecule has 2 aromatic carbocycles. The van der Waals surface area contributed by atoms with Crippen LogP contribution in [0.25, 0.3) is 10.2 Å². The van der Waals surface area contributed by atoms with E-state index in [9.17, 15) is 22.4 Å². The fraction of sp³-hybridized carbons (Fsp3) is 0.286. The highest BCUT2D eigenvalue weighted by atomic mass is 32.2. The number of carbonyl (C=O) groups is 2. The fourth-order valence-electron chi connectivity index (χ4n) is 3.60. The predicted octanol–water partition coefficient (Wildman–Crippen LogP) is 3.43. The lowest BCUT2D eigenvalue weighted by Crippen LogP contribution is -2.43. The second kappa shape index (κ2) is 8.93. The second-order valence-electron chi connectivity index (χ2n) is 7.53. The molecule has 1 aliphatic heterocycles. The Morgan fingerprint density at radius 2 is 1.91 bits per heavy atom. The van der Waals surface area contributed by atoms with Crippen molar-refractivity contribution in [2.24, 2.45) is 5.92 Å². The molecule has 168 valence electrons. The second-order valence-corrected chi connectivity index (χ2v) is 10.5. The van der Waals surface area contributed by atoms with Crippen LogP contribution in [-0.2, 0) is 19.6 Å². The number of hydrogen-bond acceptors (Lipinski definition) is 6. The first kappa shape index (κ1) is 22.3. The van der Waals surface area contributed by atoms with Gasteiger partial charge in [0.15, 0.2) is 5.13 Å². The van der Waals surface area contributed by atoms with Crippen molar-refractivity contribution >= 4 is 54.2 Å².